The highest BCUT2D eigenvalue weighted by atomic mass is 16.5. The molecule has 0 saturated heterocycles. The summed E-state index contributed by atoms with van der Waals surface area (Å²) in [4.78, 5) is 36.8. The molecule has 28 heavy (non-hydrogen) atoms. The number of benzene rings is 1. The summed E-state index contributed by atoms with van der Waals surface area (Å²) in [6.07, 6.45) is 0.299. The fourth-order valence-electron chi connectivity index (χ4n) is 2.65. The number of hydrogen-bond acceptors (Lipinski definition) is 5. The van der Waals surface area contributed by atoms with E-state index in [0.29, 0.717) is 17.9 Å². The Bertz CT molecular complexity index is 680. The van der Waals surface area contributed by atoms with Crippen LogP contribution >= 0.6 is 0 Å². The minimum Gasteiger partial charge on any atom is -0.497 e. The van der Waals surface area contributed by atoms with Crippen LogP contribution in [0.1, 0.15) is 44.5 Å². The zero-order chi connectivity index (χ0) is 21.4. The van der Waals surface area contributed by atoms with Crippen LogP contribution in [0.15, 0.2) is 18.2 Å². The summed E-state index contributed by atoms with van der Waals surface area (Å²) >= 11 is 0. The van der Waals surface area contributed by atoms with E-state index in [2.05, 4.69) is 10.6 Å². The zero-order valence-corrected chi connectivity index (χ0v) is 17.2. The Morgan fingerprint density at radius 1 is 0.964 bits per heavy atom. The van der Waals surface area contributed by atoms with E-state index in [0.717, 1.165) is 0 Å². The molecule has 2 atom stereocenters. The number of carbonyl (C=O) groups excluding carboxylic acids is 2. The minimum absolute atomic E-state index is 0.0951. The smallest absolute Gasteiger partial charge is 0.326 e. The van der Waals surface area contributed by atoms with Crippen LogP contribution in [0.5, 0.6) is 11.5 Å². The number of hydrogen-bond donors (Lipinski definition) is 3. The van der Waals surface area contributed by atoms with Crippen molar-refractivity contribution in [3.8, 4) is 11.5 Å². The predicted molar refractivity (Wildman–Crippen MR) is 105 cm³/mol. The number of carboxylic acids is 1. The van der Waals surface area contributed by atoms with Crippen molar-refractivity contribution in [3.63, 3.8) is 0 Å². The van der Waals surface area contributed by atoms with E-state index >= 15 is 0 Å². The van der Waals surface area contributed by atoms with E-state index in [9.17, 15) is 19.5 Å². The van der Waals surface area contributed by atoms with Crippen molar-refractivity contribution in [1.82, 2.24) is 10.6 Å². The van der Waals surface area contributed by atoms with Gasteiger partial charge in [-0.2, -0.15) is 0 Å². The topological polar surface area (TPSA) is 114 Å². The SMILES string of the molecule is COc1cc(OC)cc(C(=O)NC(C(=O)N[C@H](CC(C)C)C(=O)O)C(C)C)c1. The summed E-state index contributed by atoms with van der Waals surface area (Å²) in [5.74, 6) is -1.39. The van der Waals surface area contributed by atoms with E-state index in [1.54, 1.807) is 19.9 Å². The lowest BCUT2D eigenvalue weighted by Crippen LogP contribution is -2.53. The molecule has 156 valence electrons. The van der Waals surface area contributed by atoms with Gasteiger partial charge in [0.2, 0.25) is 5.91 Å². The lowest BCUT2D eigenvalue weighted by Gasteiger charge is -2.24. The fraction of sp³-hybridized carbons (Fsp3) is 0.550. The molecule has 0 saturated carbocycles. The van der Waals surface area contributed by atoms with E-state index < -0.39 is 29.9 Å². The van der Waals surface area contributed by atoms with Crippen molar-refractivity contribution < 1.29 is 29.0 Å². The van der Waals surface area contributed by atoms with E-state index in [1.165, 1.54) is 26.4 Å². The van der Waals surface area contributed by atoms with Gasteiger partial charge in [0.25, 0.3) is 5.91 Å². The highest BCUT2D eigenvalue weighted by Gasteiger charge is 2.29. The largest absolute Gasteiger partial charge is 0.497 e. The standard InChI is InChI=1S/C20H30N2O6/c1-11(2)7-16(20(25)26)21-19(24)17(12(3)4)22-18(23)13-8-14(27-5)10-15(9-13)28-6/h8-12,16-17H,7H2,1-6H3,(H,21,24)(H,22,23)(H,25,26)/t16-,17?/m1/s1. The molecule has 0 heterocycles. The Kier molecular flexibility index (Phi) is 8.76. The first-order valence-electron chi connectivity index (χ1n) is 9.16. The van der Waals surface area contributed by atoms with Crippen LogP contribution in [0, 0.1) is 11.8 Å². The number of carboxylic acid groups (broad SMARTS) is 1. The first-order chi connectivity index (χ1) is 13.1. The second-order valence-corrected chi connectivity index (χ2v) is 7.33. The van der Waals surface area contributed by atoms with Crippen molar-refractivity contribution in [2.75, 3.05) is 14.2 Å². The van der Waals surface area contributed by atoms with Crippen LogP contribution in [0.25, 0.3) is 0 Å². The average Bonchev–Trinajstić information content (AvgIpc) is 2.63. The molecule has 0 bridgehead atoms. The summed E-state index contributed by atoms with van der Waals surface area (Å²) in [6.45, 7) is 7.30. The molecule has 0 aliphatic carbocycles. The minimum atomic E-state index is -1.10. The summed E-state index contributed by atoms with van der Waals surface area (Å²) < 4.78 is 10.3. The number of carbonyl (C=O) groups is 3. The molecule has 1 aromatic rings. The average molecular weight is 394 g/mol. The molecule has 0 aliphatic rings. The molecular weight excluding hydrogens is 364 g/mol. The summed E-state index contributed by atoms with van der Waals surface area (Å²) in [5, 5.41) is 14.5. The van der Waals surface area contributed by atoms with Crippen molar-refractivity contribution >= 4 is 17.8 Å². The molecule has 3 N–H and O–H groups in total. The van der Waals surface area contributed by atoms with Gasteiger partial charge in [0.1, 0.15) is 23.6 Å². The Morgan fingerprint density at radius 2 is 1.50 bits per heavy atom. The summed E-state index contributed by atoms with van der Waals surface area (Å²) in [6, 6.07) is 2.80. The molecule has 1 unspecified atom stereocenters. The number of ether oxygens (including phenoxy) is 2. The third-order valence-electron chi connectivity index (χ3n) is 4.17. The van der Waals surface area contributed by atoms with Gasteiger partial charge in [0.05, 0.1) is 14.2 Å². The maximum absolute atomic E-state index is 12.7. The predicted octanol–water partition coefficient (Wildman–Crippen LogP) is 2.07. The van der Waals surface area contributed by atoms with Gasteiger partial charge in [-0.25, -0.2) is 4.79 Å². The van der Waals surface area contributed by atoms with Crippen LogP contribution in [0.2, 0.25) is 0 Å². The lowest BCUT2D eigenvalue weighted by molar-refractivity contribution is -0.142. The number of rotatable bonds is 10. The van der Waals surface area contributed by atoms with Crippen LogP contribution in [0.4, 0.5) is 0 Å². The Hall–Kier alpha value is -2.77. The van der Waals surface area contributed by atoms with Gasteiger partial charge in [-0.3, -0.25) is 9.59 Å². The second-order valence-electron chi connectivity index (χ2n) is 7.33. The van der Waals surface area contributed by atoms with Gasteiger partial charge in [0.15, 0.2) is 0 Å². The highest BCUT2D eigenvalue weighted by Crippen LogP contribution is 2.22. The quantitative estimate of drug-likeness (QED) is 0.560. The maximum Gasteiger partial charge on any atom is 0.326 e. The summed E-state index contributed by atoms with van der Waals surface area (Å²) in [5.41, 5.74) is 0.270. The molecule has 0 radical (unpaired) electrons. The van der Waals surface area contributed by atoms with Gasteiger partial charge in [0, 0.05) is 11.6 Å². The van der Waals surface area contributed by atoms with Crippen molar-refractivity contribution in [3.05, 3.63) is 23.8 Å². The van der Waals surface area contributed by atoms with Gasteiger partial charge in [-0.1, -0.05) is 27.7 Å². The van der Waals surface area contributed by atoms with Crippen LogP contribution in [0.3, 0.4) is 0 Å². The maximum atomic E-state index is 12.7. The Labute approximate surface area is 165 Å². The normalized spacial score (nSPS) is 13.0. The number of amides is 2. The molecule has 2 amide bonds. The molecule has 8 nitrogen and oxygen atoms in total. The molecule has 0 spiro atoms. The van der Waals surface area contributed by atoms with Crippen molar-refractivity contribution in [2.24, 2.45) is 11.8 Å². The Morgan fingerprint density at radius 3 is 1.89 bits per heavy atom. The highest BCUT2D eigenvalue weighted by molar-refractivity contribution is 5.98. The molecule has 8 heteroatoms. The fourth-order valence-corrected chi connectivity index (χ4v) is 2.65. The molecule has 0 aliphatic heterocycles. The molecule has 0 fully saturated rings. The second kappa shape index (κ2) is 10.5. The van der Waals surface area contributed by atoms with Gasteiger partial charge in [-0.15, -0.1) is 0 Å². The number of methoxy groups -OCH3 is 2. The van der Waals surface area contributed by atoms with Gasteiger partial charge in [-0.05, 0) is 30.4 Å². The molecule has 1 rings (SSSR count). The Balaban J connectivity index is 2.99. The third kappa shape index (κ3) is 6.75. The van der Waals surface area contributed by atoms with E-state index in [1.807, 2.05) is 13.8 Å². The monoisotopic (exact) mass is 394 g/mol. The van der Waals surface area contributed by atoms with Gasteiger partial charge < -0.3 is 25.2 Å². The molecule has 0 aromatic heterocycles. The van der Waals surface area contributed by atoms with Crippen molar-refractivity contribution in [2.45, 2.75) is 46.2 Å². The summed E-state index contributed by atoms with van der Waals surface area (Å²) in [7, 11) is 2.95. The van der Waals surface area contributed by atoms with E-state index in [4.69, 9.17) is 9.47 Å². The zero-order valence-electron chi connectivity index (χ0n) is 17.2. The molecule has 1 aromatic carbocycles. The number of nitrogens with one attached hydrogen (secondary N) is 2. The van der Waals surface area contributed by atoms with Crippen LogP contribution in [-0.4, -0.2) is 49.2 Å². The lowest BCUT2D eigenvalue weighted by atomic mass is 10.00. The van der Waals surface area contributed by atoms with Crippen LogP contribution in [-0.2, 0) is 9.59 Å². The number of aliphatic carboxylic acids is 1. The molecular formula is C20H30N2O6. The first kappa shape index (κ1) is 23.3. The van der Waals surface area contributed by atoms with Crippen molar-refractivity contribution in [1.29, 1.82) is 0 Å². The van der Waals surface area contributed by atoms with Crippen LogP contribution < -0.4 is 20.1 Å². The third-order valence-corrected chi connectivity index (χ3v) is 4.17. The first-order valence-corrected chi connectivity index (χ1v) is 9.16. The van der Waals surface area contributed by atoms with Gasteiger partial charge >= 0.3 is 5.97 Å². The van der Waals surface area contributed by atoms with E-state index in [-0.39, 0.29) is 17.4 Å².